The molecule has 1 aliphatic rings. The molecule has 0 aliphatic carbocycles. The van der Waals surface area contributed by atoms with E-state index in [9.17, 15) is 4.79 Å². The molecule has 1 heterocycles. The summed E-state index contributed by atoms with van der Waals surface area (Å²) in [5.41, 5.74) is 0. The summed E-state index contributed by atoms with van der Waals surface area (Å²) in [5.74, 6) is 0. The van der Waals surface area contributed by atoms with Gasteiger partial charge in [-0.2, -0.15) is 0 Å². The van der Waals surface area contributed by atoms with Crippen LogP contribution in [0.25, 0.3) is 0 Å². The maximum atomic E-state index is 10.7. The molecule has 0 aromatic rings. The normalized spacial score (nSPS) is 17.8. The number of carbonyl (C=O) groups is 1. The lowest BCUT2D eigenvalue weighted by atomic mass is 10.4. The van der Waals surface area contributed by atoms with Crippen molar-refractivity contribution < 1.29 is 19.0 Å². The SMILES string of the molecule is O=C(OCCl)OCCN1CCOCC1. The maximum absolute atomic E-state index is 10.7. The molecular formula is C8H14ClNO4. The van der Waals surface area contributed by atoms with Crippen molar-refractivity contribution in [1.82, 2.24) is 4.90 Å². The second-order valence-corrected chi connectivity index (χ2v) is 3.02. The number of alkyl halides is 1. The van der Waals surface area contributed by atoms with E-state index in [1.807, 2.05) is 0 Å². The van der Waals surface area contributed by atoms with Crippen LogP contribution in [-0.2, 0) is 14.2 Å². The van der Waals surface area contributed by atoms with E-state index in [1.54, 1.807) is 0 Å². The smallest absolute Gasteiger partial charge is 0.433 e. The molecule has 5 nitrogen and oxygen atoms in total. The summed E-state index contributed by atoms with van der Waals surface area (Å²) in [6.07, 6.45) is -0.715. The van der Waals surface area contributed by atoms with E-state index in [0.717, 1.165) is 26.3 Å². The highest BCUT2D eigenvalue weighted by Crippen LogP contribution is 1.96. The van der Waals surface area contributed by atoms with Crippen LogP contribution < -0.4 is 0 Å². The molecule has 0 aromatic carbocycles. The number of ether oxygens (including phenoxy) is 3. The number of nitrogens with zero attached hydrogens (tertiary/aromatic N) is 1. The van der Waals surface area contributed by atoms with Crippen LogP contribution in [0.4, 0.5) is 4.79 Å². The van der Waals surface area contributed by atoms with Crippen molar-refractivity contribution in [2.45, 2.75) is 0 Å². The number of hydrogen-bond donors (Lipinski definition) is 0. The summed E-state index contributed by atoms with van der Waals surface area (Å²) in [6.45, 7) is 4.29. The molecular weight excluding hydrogens is 210 g/mol. The molecule has 0 unspecified atom stereocenters. The van der Waals surface area contributed by atoms with Crippen molar-refractivity contribution in [1.29, 1.82) is 0 Å². The Morgan fingerprint density at radius 1 is 1.36 bits per heavy atom. The molecule has 1 rings (SSSR count). The summed E-state index contributed by atoms with van der Waals surface area (Å²) in [6, 6.07) is -0.170. The average molecular weight is 224 g/mol. The predicted octanol–water partition coefficient (Wildman–Crippen LogP) is 0.668. The molecule has 0 saturated carbocycles. The summed E-state index contributed by atoms with van der Waals surface area (Å²) < 4.78 is 14.3. The minimum atomic E-state index is -0.715. The molecule has 1 aliphatic heterocycles. The van der Waals surface area contributed by atoms with Gasteiger partial charge >= 0.3 is 6.16 Å². The molecule has 1 fully saturated rings. The van der Waals surface area contributed by atoms with Crippen molar-refractivity contribution in [2.75, 3.05) is 45.5 Å². The second-order valence-electron chi connectivity index (χ2n) is 2.81. The summed E-state index contributed by atoms with van der Waals surface area (Å²) in [7, 11) is 0. The summed E-state index contributed by atoms with van der Waals surface area (Å²) >= 11 is 5.17. The number of hydrogen-bond acceptors (Lipinski definition) is 5. The van der Waals surface area contributed by atoms with Gasteiger partial charge in [0.25, 0.3) is 0 Å². The van der Waals surface area contributed by atoms with E-state index < -0.39 is 6.16 Å². The number of carbonyl (C=O) groups excluding carboxylic acids is 1. The van der Waals surface area contributed by atoms with Gasteiger partial charge in [-0.05, 0) is 0 Å². The first-order chi connectivity index (χ1) is 6.83. The van der Waals surface area contributed by atoms with Gasteiger partial charge in [-0.1, -0.05) is 11.6 Å². The lowest BCUT2D eigenvalue weighted by Gasteiger charge is -2.25. The van der Waals surface area contributed by atoms with Gasteiger partial charge in [-0.25, -0.2) is 4.79 Å². The average Bonchev–Trinajstić information content (AvgIpc) is 2.20. The minimum absolute atomic E-state index is 0.170. The van der Waals surface area contributed by atoms with Crippen LogP contribution in [0.1, 0.15) is 0 Å². The largest absolute Gasteiger partial charge is 0.509 e. The van der Waals surface area contributed by atoms with Crippen LogP contribution in [0, 0.1) is 0 Å². The van der Waals surface area contributed by atoms with E-state index in [0.29, 0.717) is 13.2 Å². The Morgan fingerprint density at radius 3 is 2.71 bits per heavy atom. The molecule has 82 valence electrons. The topological polar surface area (TPSA) is 48.0 Å². The third-order valence-corrected chi connectivity index (χ3v) is 2.01. The Bertz CT molecular complexity index is 173. The van der Waals surface area contributed by atoms with E-state index in [4.69, 9.17) is 21.1 Å². The Kier molecular flexibility index (Phi) is 5.66. The van der Waals surface area contributed by atoms with E-state index in [-0.39, 0.29) is 6.07 Å². The Hall–Kier alpha value is -0.520. The molecule has 0 atom stereocenters. The van der Waals surface area contributed by atoms with Crippen LogP contribution in [0.5, 0.6) is 0 Å². The van der Waals surface area contributed by atoms with Gasteiger partial charge < -0.3 is 14.2 Å². The fourth-order valence-corrected chi connectivity index (χ4v) is 1.26. The fraction of sp³-hybridized carbons (Fsp3) is 0.875. The quantitative estimate of drug-likeness (QED) is 0.518. The van der Waals surface area contributed by atoms with Crippen LogP contribution in [0.15, 0.2) is 0 Å². The van der Waals surface area contributed by atoms with Crippen LogP contribution >= 0.6 is 11.6 Å². The maximum Gasteiger partial charge on any atom is 0.509 e. The number of halogens is 1. The zero-order valence-corrected chi connectivity index (χ0v) is 8.66. The van der Waals surface area contributed by atoms with Gasteiger partial charge in [0.15, 0.2) is 6.07 Å². The Labute approximate surface area is 87.9 Å². The zero-order chi connectivity index (χ0) is 10.2. The van der Waals surface area contributed by atoms with E-state index in [1.165, 1.54) is 0 Å². The zero-order valence-electron chi connectivity index (χ0n) is 7.91. The van der Waals surface area contributed by atoms with Gasteiger partial charge in [-0.3, -0.25) is 4.90 Å². The van der Waals surface area contributed by atoms with Crippen LogP contribution in [-0.4, -0.2) is 56.6 Å². The van der Waals surface area contributed by atoms with Crippen molar-refractivity contribution in [3.8, 4) is 0 Å². The molecule has 6 heteroatoms. The third kappa shape index (κ3) is 4.64. The minimum Gasteiger partial charge on any atom is -0.433 e. The molecule has 0 amide bonds. The molecule has 1 saturated heterocycles. The second kappa shape index (κ2) is 6.86. The monoisotopic (exact) mass is 223 g/mol. The van der Waals surface area contributed by atoms with Crippen molar-refractivity contribution in [3.63, 3.8) is 0 Å². The lowest BCUT2D eigenvalue weighted by Crippen LogP contribution is -2.38. The molecule has 0 bridgehead atoms. The highest BCUT2D eigenvalue weighted by molar-refractivity contribution is 6.17. The summed E-state index contributed by atoms with van der Waals surface area (Å²) in [4.78, 5) is 12.9. The van der Waals surface area contributed by atoms with Crippen LogP contribution in [0.2, 0.25) is 0 Å². The van der Waals surface area contributed by atoms with Gasteiger partial charge in [0.05, 0.1) is 13.2 Å². The number of rotatable bonds is 4. The number of morpholine rings is 1. The van der Waals surface area contributed by atoms with Gasteiger partial charge in [0.1, 0.15) is 6.61 Å². The van der Waals surface area contributed by atoms with Gasteiger partial charge in [-0.15, -0.1) is 0 Å². The Morgan fingerprint density at radius 2 is 2.07 bits per heavy atom. The van der Waals surface area contributed by atoms with Crippen molar-refractivity contribution in [2.24, 2.45) is 0 Å². The molecule has 0 aromatic heterocycles. The summed E-state index contributed by atoms with van der Waals surface area (Å²) in [5, 5.41) is 0. The lowest BCUT2D eigenvalue weighted by molar-refractivity contribution is 0.0189. The highest BCUT2D eigenvalue weighted by atomic mass is 35.5. The van der Waals surface area contributed by atoms with E-state index in [2.05, 4.69) is 9.64 Å². The van der Waals surface area contributed by atoms with Crippen molar-refractivity contribution in [3.05, 3.63) is 0 Å². The molecule has 14 heavy (non-hydrogen) atoms. The van der Waals surface area contributed by atoms with Gasteiger partial charge in [0, 0.05) is 19.6 Å². The highest BCUT2D eigenvalue weighted by Gasteiger charge is 2.10. The van der Waals surface area contributed by atoms with Crippen LogP contribution in [0.3, 0.4) is 0 Å². The van der Waals surface area contributed by atoms with Gasteiger partial charge in [0.2, 0.25) is 0 Å². The predicted molar refractivity (Wildman–Crippen MR) is 50.4 cm³/mol. The standard InChI is InChI=1S/C8H14ClNO4/c9-7-14-8(11)13-6-3-10-1-4-12-5-2-10/h1-7H2. The first kappa shape index (κ1) is 11.6. The molecule has 0 spiro atoms. The molecule has 0 radical (unpaired) electrons. The van der Waals surface area contributed by atoms with Crippen molar-refractivity contribution >= 4 is 17.8 Å². The van der Waals surface area contributed by atoms with E-state index >= 15 is 0 Å². The third-order valence-electron chi connectivity index (χ3n) is 1.90. The Balaban J connectivity index is 1.99. The fourth-order valence-electron chi connectivity index (χ4n) is 1.17. The first-order valence-electron chi connectivity index (χ1n) is 4.48. The molecule has 0 N–H and O–H groups in total. The first-order valence-corrected chi connectivity index (χ1v) is 5.02.